The fourth-order valence-electron chi connectivity index (χ4n) is 3.80. The van der Waals surface area contributed by atoms with Gasteiger partial charge in [0.15, 0.2) is 5.16 Å². The second kappa shape index (κ2) is 8.78. The zero-order valence-electron chi connectivity index (χ0n) is 18.5. The van der Waals surface area contributed by atoms with Gasteiger partial charge in [0.05, 0.1) is 10.9 Å². The number of hydrogen-bond acceptors (Lipinski definition) is 7. The molecule has 1 aliphatic rings. The van der Waals surface area contributed by atoms with E-state index in [4.69, 9.17) is 4.42 Å². The van der Waals surface area contributed by atoms with E-state index >= 15 is 0 Å². The van der Waals surface area contributed by atoms with Crippen LogP contribution in [0, 0.1) is 13.8 Å². The fraction of sp³-hybridized carbons (Fsp3) is 0.333. The van der Waals surface area contributed by atoms with Crippen LogP contribution in [-0.2, 0) is 0 Å². The highest BCUT2D eigenvalue weighted by Crippen LogP contribution is 2.37. The number of rotatable bonds is 6. The molecule has 2 aromatic carbocycles. The van der Waals surface area contributed by atoms with Crippen molar-refractivity contribution in [1.82, 2.24) is 25.0 Å². The minimum Gasteiger partial charge on any atom is -0.419 e. The molecule has 4 aromatic rings. The summed E-state index contributed by atoms with van der Waals surface area (Å²) >= 11 is 1.58. The molecular weight excluding hydrogens is 420 g/mol. The van der Waals surface area contributed by atoms with E-state index in [0.717, 1.165) is 35.4 Å². The van der Waals surface area contributed by atoms with Crippen LogP contribution >= 0.6 is 11.8 Å². The zero-order valence-corrected chi connectivity index (χ0v) is 19.3. The van der Waals surface area contributed by atoms with E-state index in [0.29, 0.717) is 11.8 Å². The Labute approximate surface area is 191 Å². The quantitative estimate of drug-likeness (QED) is 0.368. The van der Waals surface area contributed by atoms with Gasteiger partial charge in [0.25, 0.3) is 0 Å². The summed E-state index contributed by atoms with van der Waals surface area (Å²) in [4.78, 5) is 2.31. The van der Waals surface area contributed by atoms with Crippen LogP contribution in [-0.4, -0.2) is 38.1 Å². The van der Waals surface area contributed by atoms with Crippen LogP contribution in [0.5, 0.6) is 0 Å². The molecule has 2 aromatic heterocycles. The first-order valence-electron chi connectivity index (χ1n) is 10.9. The van der Waals surface area contributed by atoms with E-state index in [9.17, 15) is 0 Å². The lowest BCUT2D eigenvalue weighted by atomic mass is 10.1. The highest BCUT2D eigenvalue weighted by molar-refractivity contribution is 7.99. The van der Waals surface area contributed by atoms with Crippen LogP contribution in [0.4, 0.5) is 5.95 Å². The minimum absolute atomic E-state index is 0.0680. The Hall–Kier alpha value is -3.13. The molecule has 32 heavy (non-hydrogen) atoms. The number of hydrogen-bond donors (Lipinski definition) is 0. The van der Waals surface area contributed by atoms with E-state index in [-0.39, 0.29) is 5.25 Å². The van der Waals surface area contributed by atoms with Crippen molar-refractivity contribution >= 4 is 17.7 Å². The van der Waals surface area contributed by atoms with Crippen molar-refractivity contribution in [3.05, 3.63) is 65.5 Å². The molecule has 1 fully saturated rings. The van der Waals surface area contributed by atoms with E-state index in [1.165, 1.54) is 24.0 Å². The van der Waals surface area contributed by atoms with Crippen molar-refractivity contribution in [1.29, 1.82) is 0 Å². The van der Waals surface area contributed by atoms with Gasteiger partial charge in [0.1, 0.15) is 0 Å². The lowest BCUT2D eigenvalue weighted by molar-refractivity contribution is 0.509. The third kappa shape index (κ3) is 4.14. The predicted octanol–water partition coefficient (Wildman–Crippen LogP) is 5.39. The number of aromatic nitrogens is 5. The summed E-state index contributed by atoms with van der Waals surface area (Å²) < 4.78 is 8.14. The topological polar surface area (TPSA) is 72.9 Å². The molecule has 0 amide bonds. The molecule has 0 radical (unpaired) electrons. The van der Waals surface area contributed by atoms with Crippen LogP contribution in [0.25, 0.3) is 17.1 Å². The van der Waals surface area contributed by atoms with E-state index in [2.05, 4.69) is 74.9 Å². The second-order valence-corrected chi connectivity index (χ2v) is 9.53. The van der Waals surface area contributed by atoms with Gasteiger partial charge in [-0.15, -0.1) is 20.4 Å². The molecule has 0 aliphatic carbocycles. The number of benzene rings is 2. The Kier molecular flexibility index (Phi) is 5.70. The number of nitrogens with zero attached hydrogens (tertiary/aromatic N) is 6. The van der Waals surface area contributed by atoms with Gasteiger partial charge >= 0.3 is 0 Å². The largest absolute Gasteiger partial charge is 0.419 e. The van der Waals surface area contributed by atoms with Crippen molar-refractivity contribution in [2.45, 2.75) is 44.0 Å². The SMILES string of the molecule is Cc1ccc(-c2nnc(C(C)Sc3nnc(N4CCCC4)n3-c3ccc(C)cc3)o2)cc1. The Balaban J connectivity index is 1.43. The first-order valence-corrected chi connectivity index (χ1v) is 11.8. The summed E-state index contributed by atoms with van der Waals surface area (Å²) in [6, 6.07) is 16.6. The van der Waals surface area contributed by atoms with Gasteiger partial charge in [-0.05, 0) is 57.9 Å². The van der Waals surface area contributed by atoms with Gasteiger partial charge in [-0.25, -0.2) is 0 Å². The molecule has 1 atom stereocenters. The summed E-state index contributed by atoms with van der Waals surface area (Å²) in [5.74, 6) is 2.00. The Morgan fingerprint density at radius 1 is 0.844 bits per heavy atom. The van der Waals surface area contributed by atoms with E-state index in [1.807, 2.05) is 24.3 Å². The molecule has 1 saturated heterocycles. The Bertz CT molecular complexity index is 1190. The molecule has 0 spiro atoms. The van der Waals surface area contributed by atoms with Gasteiger partial charge in [-0.3, -0.25) is 4.57 Å². The predicted molar refractivity (Wildman–Crippen MR) is 126 cm³/mol. The highest BCUT2D eigenvalue weighted by atomic mass is 32.2. The average molecular weight is 447 g/mol. The molecule has 1 aliphatic heterocycles. The van der Waals surface area contributed by atoms with Crippen LogP contribution < -0.4 is 4.90 Å². The van der Waals surface area contributed by atoms with Crippen molar-refractivity contribution < 1.29 is 4.42 Å². The third-order valence-electron chi connectivity index (χ3n) is 5.67. The molecule has 0 N–H and O–H groups in total. The zero-order chi connectivity index (χ0) is 22.1. The maximum atomic E-state index is 6.00. The first kappa shape index (κ1) is 20.8. The summed E-state index contributed by atoms with van der Waals surface area (Å²) in [6.45, 7) is 8.22. The smallest absolute Gasteiger partial charge is 0.247 e. The summed E-state index contributed by atoms with van der Waals surface area (Å²) in [7, 11) is 0. The molecule has 8 heteroatoms. The summed E-state index contributed by atoms with van der Waals surface area (Å²) in [6.07, 6.45) is 2.37. The van der Waals surface area contributed by atoms with Crippen molar-refractivity contribution in [2.75, 3.05) is 18.0 Å². The maximum Gasteiger partial charge on any atom is 0.247 e. The van der Waals surface area contributed by atoms with Gasteiger partial charge < -0.3 is 9.32 Å². The monoisotopic (exact) mass is 446 g/mol. The molecule has 0 bridgehead atoms. The van der Waals surface area contributed by atoms with Gasteiger partial charge in [0.2, 0.25) is 17.7 Å². The first-order chi connectivity index (χ1) is 15.6. The van der Waals surface area contributed by atoms with E-state index in [1.54, 1.807) is 11.8 Å². The molecule has 5 rings (SSSR count). The number of anilines is 1. The Morgan fingerprint density at radius 2 is 1.50 bits per heavy atom. The van der Waals surface area contributed by atoms with Crippen LogP contribution in [0.3, 0.4) is 0 Å². The molecular formula is C24H26N6OS. The summed E-state index contributed by atoms with van der Waals surface area (Å²) in [5.41, 5.74) is 4.40. The second-order valence-electron chi connectivity index (χ2n) is 8.22. The van der Waals surface area contributed by atoms with Gasteiger partial charge in [0, 0.05) is 18.7 Å². The third-order valence-corrected chi connectivity index (χ3v) is 6.70. The maximum absolute atomic E-state index is 6.00. The van der Waals surface area contributed by atoms with Crippen LogP contribution in [0.15, 0.2) is 58.1 Å². The lowest BCUT2D eigenvalue weighted by Gasteiger charge is -2.19. The molecule has 1 unspecified atom stereocenters. The van der Waals surface area contributed by atoms with Crippen LogP contribution in [0.1, 0.15) is 42.0 Å². The molecule has 0 saturated carbocycles. The molecule has 3 heterocycles. The highest BCUT2D eigenvalue weighted by Gasteiger charge is 2.25. The summed E-state index contributed by atoms with van der Waals surface area (Å²) in [5, 5.41) is 18.4. The normalized spacial score (nSPS) is 14.8. The van der Waals surface area contributed by atoms with Crippen molar-refractivity contribution in [3.63, 3.8) is 0 Å². The number of aryl methyl sites for hydroxylation is 2. The van der Waals surface area contributed by atoms with Gasteiger partial charge in [-0.2, -0.15) is 0 Å². The van der Waals surface area contributed by atoms with Crippen molar-refractivity contribution in [3.8, 4) is 17.1 Å². The minimum atomic E-state index is -0.0680. The standard InChI is InChI=1S/C24H26N6OS/c1-16-6-10-19(11-7-16)22-26-25-21(31-22)18(3)32-24-28-27-23(29-14-4-5-15-29)30(24)20-12-8-17(2)9-13-20/h6-13,18H,4-5,14-15H2,1-3H3. The molecule has 164 valence electrons. The van der Waals surface area contributed by atoms with Gasteiger partial charge in [-0.1, -0.05) is 47.2 Å². The molecule has 7 nitrogen and oxygen atoms in total. The van der Waals surface area contributed by atoms with Crippen LogP contribution in [0.2, 0.25) is 0 Å². The fourth-order valence-corrected chi connectivity index (χ4v) is 4.69. The number of thioether (sulfide) groups is 1. The van der Waals surface area contributed by atoms with Crippen molar-refractivity contribution in [2.24, 2.45) is 0 Å². The van der Waals surface area contributed by atoms with E-state index < -0.39 is 0 Å². The average Bonchev–Trinajstić information content (AvgIpc) is 3.56. The Morgan fingerprint density at radius 3 is 2.19 bits per heavy atom. The lowest BCUT2D eigenvalue weighted by Crippen LogP contribution is -2.22.